The Bertz CT molecular complexity index is 562. The van der Waals surface area contributed by atoms with Crippen LogP contribution in [-0.2, 0) is 13.8 Å². The summed E-state index contributed by atoms with van der Waals surface area (Å²) in [5.74, 6) is 0.281. The minimum Gasteiger partial charge on any atom is -0.482 e. The van der Waals surface area contributed by atoms with Crippen LogP contribution in [0.15, 0.2) is 24.3 Å². The summed E-state index contributed by atoms with van der Waals surface area (Å²) < 4.78 is 25.2. The molecule has 5 atom stereocenters. The summed E-state index contributed by atoms with van der Waals surface area (Å²) in [6.45, 7) is -0.714. The molecule has 0 unspecified atom stereocenters. The van der Waals surface area contributed by atoms with Gasteiger partial charge in [0.1, 0.15) is 24.1 Å². The third-order valence-corrected chi connectivity index (χ3v) is 3.71. The number of hydrogen-bond donors (Lipinski definition) is 6. The van der Waals surface area contributed by atoms with Crippen LogP contribution < -0.4 is 10.5 Å². The number of phosphoric acid groups is 1. The molecule has 1 aliphatic heterocycles. The number of phosphoric ester groups is 1. The Balaban J connectivity index is 2.02. The number of ether oxygens (including phenoxy) is 2. The lowest BCUT2D eigenvalue weighted by atomic mass is 9.99. The Hall–Kier alpha value is -1.23. The molecule has 0 amide bonds. The van der Waals surface area contributed by atoms with Crippen molar-refractivity contribution < 1.29 is 43.7 Å². The van der Waals surface area contributed by atoms with Gasteiger partial charge in [0.05, 0.1) is 6.61 Å². The van der Waals surface area contributed by atoms with E-state index in [2.05, 4.69) is 4.52 Å². The molecule has 1 aliphatic rings. The molecular formula is C12H18NO9P. The highest BCUT2D eigenvalue weighted by Crippen LogP contribution is 2.37. The van der Waals surface area contributed by atoms with Gasteiger partial charge in [-0.2, -0.15) is 0 Å². The molecule has 1 heterocycles. The predicted molar refractivity (Wildman–Crippen MR) is 76.2 cm³/mol. The molecule has 1 fully saturated rings. The summed E-state index contributed by atoms with van der Waals surface area (Å²) in [5.41, 5.74) is 6.02. The van der Waals surface area contributed by atoms with Crippen LogP contribution in [0.25, 0.3) is 0 Å². The molecule has 0 radical (unpaired) electrons. The smallest absolute Gasteiger partial charge is 0.469 e. The van der Waals surface area contributed by atoms with Crippen molar-refractivity contribution in [3.63, 3.8) is 0 Å². The van der Waals surface area contributed by atoms with Gasteiger partial charge in [-0.05, 0) is 24.3 Å². The first-order valence-electron chi connectivity index (χ1n) is 6.59. The van der Waals surface area contributed by atoms with E-state index in [9.17, 15) is 19.9 Å². The predicted octanol–water partition coefficient (Wildman–Crippen LogP) is -1.44. The quantitative estimate of drug-likeness (QED) is 0.273. The molecule has 10 nitrogen and oxygen atoms in total. The van der Waals surface area contributed by atoms with Crippen molar-refractivity contribution in [2.75, 3.05) is 12.3 Å². The molecule has 130 valence electrons. The lowest BCUT2D eigenvalue weighted by molar-refractivity contribution is -0.279. The van der Waals surface area contributed by atoms with E-state index in [-0.39, 0.29) is 5.75 Å². The highest BCUT2D eigenvalue weighted by molar-refractivity contribution is 7.46. The number of aliphatic hydroxyl groups is 3. The van der Waals surface area contributed by atoms with Gasteiger partial charge in [0.15, 0.2) is 12.4 Å². The molecular weight excluding hydrogens is 333 g/mol. The first-order chi connectivity index (χ1) is 10.7. The number of benzene rings is 1. The monoisotopic (exact) mass is 351 g/mol. The summed E-state index contributed by atoms with van der Waals surface area (Å²) in [4.78, 5) is 17.3. The fraction of sp³-hybridized carbons (Fsp3) is 0.500. The molecule has 1 aromatic carbocycles. The first kappa shape index (κ1) is 18.1. The highest BCUT2D eigenvalue weighted by Gasteiger charge is 2.46. The number of nitrogens with two attached hydrogens (primary N) is 1. The van der Waals surface area contributed by atoms with Gasteiger partial charge in [-0.15, -0.1) is 0 Å². The van der Waals surface area contributed by atoms with E-state index in [0.717, 1.165) is 0 Å². The van der Waals surface area contributed by atoms with E-state index in [1.165, 1.54) is 12.1 Å². The average Bonchev–Trinajstić information content (AvgIpc) is 2.47. The molecule has 7 N–H and O–H groups in total. The Labute approximate surface area is 131 Å². The Morgan fingerprint density at radius 2 is 1.74 bits per heavy atom. The summed E-state index contributed by atoms with van der Waals surface area (Å²) in [6.07, 6.45) is -7.43. The van der Waals surface area contributed by atoms with Crippen molar-refractivity contribution >= 4 is 13.5 Å². The number of anilines is 1. The third kappa shape index (κ3) is 4.87. The van der Waals surface area contributed by atoms with Gasteiger partial charge in [0.2, 0.25) is 0 Å². The van der Waals surface area contributed by atoms with Gasteiger partial charge in [0.25, 0.3) is 0 Å². The summed E-state index contributed by atoms with van der Waals surface area (Å²) >= 11 is 0. The van der Waals surface area contributed by atoms with Gasteiger partial charge in [-0.25, -0.2) is 4.57 Å². The third-order valence-electron chi connectivity index (χ3n) is 3.22. The minimum absolute atomic E-state index is 0.281. The zero-order valence-electron chi connectivity index (χ0n) is 11.8. The zero-order chi connectivity index (χ0) is 17.2. The zero-order valence-corrected chi connectivity index (χ0v) is 12.7. The maximum atomic E-state index is 10.7. The van der Waals surface area contributed by atoms with E-state index in [4.69, 9.17) is 25.0 Å². The van der Waals surface area contributed by atoms with Gasteiger partial charge in [0, 0.05) is 5.69 Å². The topological polar surface area (TPSA) is 172 Å². The van der Waals surface area contributed by atoms with Crippen LogP contribution in [0.4, 0.5) is 5.69 Å². The van der Waals surface area contributed by atoms with Crippen LogP contribution in [0.3, 0.4) is 0 Å². The fourth-order valence-corrected chi connectivity index (χ4v) is 2.40. The van der Waals surface area contributed by atoms with Crippen LogP contribution in [0.1, 0.15) is 0 Å². The van der Waals surface area contributed by atoms with E-state index in [0.29, 0.717) is 5.69 Å². The molecule has 0 aromatic heterocycles. The second kappa shape index (κ2) is 7.12. The highest BCUT2D eigenvalue weighted by atomic mass is 31.2. The van der Waals surface area contributed by atoms with Crippen molar-refractivity contribution in [2.24, 2.45) is 0 Å². The molecule has 11 heteroatoms. The van der Waals surface area contributed by atoms with Crippen LogP contribution in [0, 0.1) is 0 Å². The Kier molecular flexibility index (Phi) is 5.61. The number of aliphatic hydroxyl groups excluding tert-OH is 3. The average molecular weight is 351 g/mol. The van der Waals surface area contributed by atoms with Gasteiger partial charge in [-0.1, -0.05) is 0 Å². The number of hydrogen-bond acceptors (Lipinski definition) is 8. The Morgan fingerprint density at radius 1 is 1.13 bits per heavy atom. The van der Waals surface area contributed by atoms with Crippen LogP contribution in [-0.4, -0.2) is 62.4 Å². The standard InChI is InChI=1S/C12H18NO9P/c13-6-1-3-7(4-2-6)21-11-10(15)9(14)8(22-12(11)16)5-20-23(17,18)19/h1-4,8-12,14-16H,5,13H2,(H2,17,18,19)/t8-,9+,10+,11-,12+/m1/s1. The maximum Gasteiger partial charge on any atom is 0.469 e. The van der Waals surface area contributed by atoms with Gasteiger partial charge in [-0.3, -0.25) is 4.52 Å². The van der Waals surface area contributed by atoms with Gasteiger partial charge >= 0.3 is 7.82 Å². The fourth-order valence-electron chi connectivity index (χ4n) is 2.06. The van der Waals surface area contributed by atoms with E-state index in [1.807, 2.05) is 0 Å². The van der Waals surface area contributed by atoms with E-state index in [1.54, 1.807) is 12.1 Å². The van der Waals surface area contributed by atoms with Crippen molar-refractivity contribution in [2.45, 2.75) is 30.7 Å². The molecule has 23 heavy (non-hydrogen) atoms. The second-order valence-electron chi connectivity index (χ2n) is 4.98. The van der Waals surface area contributed by atoms with E-state index < -0.39 is 45.1 Å². The summed E-state index contributed by atoms with van der Waals surface area (Å²) in [5, 5.41) is 29.8. The largest absolute Gasteiger partial charge is 0.482 e. The van der Waals surface area contributed by atoms with E-state index >= 15 is 0 Å². The van der Waals surface area contributed by atoms with Crippen LogP contribution in [0.5, 0.6) is 5.75 Å². The van der Waals surface area contributed by atoms with Crippen molar-refractivity contribution in [1.29, 1.82) is 0 Å². The maximum absolute atomic E-state index is 10.7. The van der Waals surface area contributed by atoms with Crippen molar-refractivity contribution in [3.05, 3.63) is 24.3 Å². The van der Waals surface area contributed by atoms with Gasteiger partial charge < -0.3 is 40.3 Å². The summed E-state index contributed by atoms with van der Waals surface area (Å²) in [7, 11) is -4.77. The normalized spacial score (nSPS) is 31.8. The number of nitrogen functional groups attached to an aromatic ring is 1. The Morgan fingerprint density at radius 3 is 2.30 bits per heavy atom. The minimum atomic E-state index is -4.77. The second-order valence-corrected chi connectivity index (χ2v) is 6.22. The molecule has 0 bridgehead atoms. The van der Waals surface area contributed by atoms with Crippen LogP contribution in [0.2, 0.25) is 0 Å². The molecule has 2 rings (SSSR count). The molecule has 1 saturated heterocycles. The van der Waals surface area contributed by atoms with Crippen molar-refractivity contribution in [3.8, 4) is 5.75 Å². The first-order valence-corrected chi connectivity index (χ1v) is 8.12. The number of rotatable bonds is 5. The molecule has 1 aromatic rings. The lowest BCUT2D eigenvalue weighted by Gasteiger charge is -2.40. The SMILES string of the molecule is Nc1ccc(O[C@@H]2[C@@H](O)[C@@H](O)[C@@H](COP(=O)(O)O)O[C@@H]2O)cc1. The molecule has 0 saturated carbocycles. The summed E-state index contributed by atoms with van der Waals surface area (Å²) in [6, 6.07) is 6.10. The van der Waals surface area contributed by atoms with Crippen molar-refractivity contribution in [1.82, 2.24) is 0 Å². The molecule has 0 aliphatic carbocycles. The lowest BCUT2D eigenvalue weighted by Crippen LogP contribution is -2.60. The van der Waals surface area contributed by atoms with Crippen LogP contribution >= 0.6 is 7.82 Å². The molecule has 0 spiro atoms.